The fourth-order valence-electron chi connectivity index (χ4n) is 1.59. The van der Waals surface area contributed by atoms with Crippen LogP contribution in [0, 0.1) is 0 Å². The maximum Gasteiger partial charge on any atom is 0.272 e. The summed E-state index contributed by atoms with van der Waals surface area (Å²) in [6.07, 6.45) is 4.54. The highest BCUT2D eigenvalue weighted by Gasteiger charge is 2.12. The summed E-state index contributed by atoms with van der Waals surface area (Å²) in [5.41, 5.74) is 1.19. The van der Waals surface area contributed by atoms with E-state index >= 15 is 0 Å². The van der Waals surface area contributed by atoms with Gasteiger partial charge >= 0.3 is 0 Å². The third-order valence-electron chi connectivity index (χ3n) is 2.61. The summed E-state index contributed by atoms with van der Waals surface area (Å²) in [6.45, 7) is 0. The molecule has 0 aliphatic carbocycles. The first-order valence-corrected chi connectivity index (χ1v) is 6.86. The van der Waals surface area contributed by atoms with E-state index in [-0.39, 0.29) is 17.5 Å². The smallest absolute Gasteiger partial charge is 0.272 e. The van der Waals surface area contributed by atoms with E-state index in [0.717, 1.165) is 0 Å². The molecule has 1 N–H and O–H groups in total. The van der Waals surface area contributed by atoms with Crippen LogP contribution in [0.5, 0.6) is 0 Å². The lowest BCUT2D eigenvalue weighted by molar-refractivity contribution is 0.0821. The average molecular weight is 349 g/mol. The quantitative estimate of drug-likeness (QED) is 0.922. The van der Waals surface area contributed by atoms with Crippen molar-refractivity contribution in [1.29, 1.82) is 0 Å². The molecule has 2 amide bonds. The third kappa shape index (κ3) is 3.85. The predicted octanol–water partition coefficient (Wildman–Crippen LogP) is 2.19. The van der Waals surface area contributed by atoms with Gasteiger partial charge in [0.2, 0.25) is 0 Å². The Morgan fingerprint density at radius 2 is 2.00 bits per heavy atom. The normalized spacial score (nSPS) is 10.0. The molecule has 2 heterocycles. The molecule has 0 aliphatic heterocycles. The summed E-state index contributed by atoms with van der Waals surface area (Å²) in [5, 5.41) is 2.71. The molecule has 0 bridgehead atoms. The van der Waals surface area contributed by atoms with Gasteiger partial charge in [-0.25, -0.2) is 0 Å². The van der Waals surface area contributed by atoms with E-state index in [4.69, 9.17) is 0 Å². The Hall–Kier alpha value is -2.28. The molecule has 0 spiro atoms. The number of amides is 2. The highest BCUT2D eigenvalue weighted by Crippen LogP contribution is 2.13. The van der Waals surface area contributed by atoms with Gasteiger partial charge in [-0.3, -0.25) is 19.6 Å². The summed E-state index contributed by atoms with van der Waals surface area (Å²) in [4.78, 5) is 33.3. The lowest BCUT2D eigenvalue weighted by Gasteiger charge is -2.10. The van der Waals surface area contributed by atoms with Crippen molar-refractivity contribution < 1.29 is 9.59 Å². The van der Waals surface area contributed by atoms with E-state index in [9.17, 15) is 9.59 Å². The number of aromatic nitrogens is 2. The zero-order valence-electron chi connectivity index (χ0n) is 11.5. The molecule has 2 aromatic rings. The number of pyridine rings is 2. The van der Waals surface area contributed by atoms with Crippen molar-refractivity contribution >= 4 is 33.4 Å². The second-order valence-corrected chi connectivity index (χ2v) is 5.39. The molecular weight excluding hydrogens is 336 g/mol. The number of nitrogens with one attached hydrogen (secondary N) is 1. The zero-order valence-corrected chi connectivity index (χ0v) is 13.1. The molecule has 0 radical (unpaired) electrons. The van der Waals surface area contributed by atoms with E-state index in [0.29, 0.717) is 15.7 Å². The molecular formula is C14H13BrN4O2. The van der Waals surface area contributed by atoms with Crippen LogP contribution in [-0.4, -0.2) is 40.8 Å². The van der Waals surface area contributed by atoms with Gasteiger partial charge in [0.25, 0.3) is 11.8 Å². The van der Waals surface area contributed by atoms with E-state index < -0.39 is 0 Å². The Labute approximate surface area is 130 Å². The summed E-state index contributed by atoms with van der Waals surface area (Å²) < 4.78 is 0.716. The van der Waals surface area contributed by atoms with Gasteiger partial charge < -0.3 is 10.2 Å². The first kappa shape index (κ1) is 15.1. The Morgan fingerprint density at radius 1 is 1.24 bits per heavy atom. The van der Waals surface area contributed by atoms with E-state index in [1.807, 2.05) is 0 Å². The number of hydrogen-bond acceptors (Lipinski definition) is 4. The van der Waals surface area contributed by atoms with Crippen LogP contribution < -0.4 is 5.32 Å². The number of anilines is 1. The SMILES string of the molecule is CN(C)C(=O)c1cc(NC(=O)c2cncc(Br)c2)ccn1. The molecule has 0 aliphatic rings. The molecule has 108 valence electrons. The van der Waals surface area contributed by atoms with Gasteiger partial charge in [0.05, 0.1) is 5.56 Å². The van der Waals surface area contributed by atoms with Gasteiger partial charge in [-0.1, -0.05) is 0 Å². The molecule has 0 atom stereocenters. The van der Waals surface area contributed by atoms with Crippen molar-refractivity contribution in [3.05, 3.63) is 52.5 Å². The molecule has 0 saturated heterocycles. The fourth-order valence-corrected chi connectivity index (χ4v) is 1.96. The van der Waals surface area contributed by atoms with Crippen LogP contribution in [-0.2, 0) is 0 Å². The minimum Gasteiger partial charge on any atom is -0.343 e. The lowest BCUT2D eigenvalue weighted by Crippen LogP contribution is -2.23. The van der Waals surface area contributed by atoms with Gasteiger partial charge in [0, 0.05) is 42.8 Å². The number of halogens is 1. The largest absolute Gasteiger partial charge is 0.343 e. The number of carbonyl (C=O) groups excluding carboxylic acids is 2. The van der Waals surface area contributed by atoms with Gasteiger partial charge in [-0.05, 0) is 34.1 Å². The third-order valence-corrected chi connectivity index (χ3v) is 3.04. The maximum atomic E-state index is 12.1. The Bertz CT molecular complexity index is 688. The van der Waals surface area contributed by atoms with Crippen molar-refractivity contribution in [3.63, 3.8) is 0 Å². The monoisotopic (exact) mass is 348 g/mol. The van der Waals surface area contributed by atoms with Crippen LogP contribution in [0.15, 0.2) is 41.3 Å². The Kier molecular flexibility index (Phi) is 4.64. The topological polar surface area (TPSA) is 75.2 Å². The van der Waals surface area contributed by atoms with Crippen molar-refractivity contribution in [2.75, 3.05) is 19.4 Å². The summed E-state index contributed by atoms with van der Waals surface area (Å²) in [6, 6.07) is 4.82. The van der Waals surface area contributed by atoms with Crippen LogP contribution in [0.2, 0.25) is 0 Å². The number of rotatable bonds is 3. The highest BCUT2D eigenvalue weighted by molar-refractivity contribution is 9.10. The second-order valence-electron chi connectivity index (χ2n) is 4.48. The average Bonchev–Trinajstić information content (AvgIpc) is 2.46. The Morgan fingerprint density at radius 3 is 2.67 bits per heavy atom. The van der Waals surface area contributed by atoms with Crippen molar-refractivity contribution in [2.24, 2.45) is 0 Å². The van der Waals surface area contributed by atoms with Crippen molar-refractivity contribution in [3.8, 4) is 0 Å². The number of nitrogens with zero attached hydrogens (tertiary/aromatic N) is 3. The Balaban J connectivity index is 2.18. The standard InChI is InChI=1S/C14H13BrN4O2/c1-19(2)14(21)12-6-11(3-4-17-12)18-13(20)9-5-10(15)8-16-7-9/h3-8H,1-2H3,(H,17,18,20). The fraction of sp³-hybridized carbons (Fsp3) is 0.143. The second kappa shape index (κ2) is 6.45. The zero-order chi connectivity index (χ0) is 15.4. The molecule has 0 aromatic carbocycles. The first-order valence-electron chi connectivity index (χ1n) is 6.07. The summed E-state index contributed by atoms with van der Waals surface area (Å²) in [7, 11) is 3.28. The first-order chi connectivity index (χ1) is 9.97. The molecule has 0 saturated carbocycles. The van der Waals surface area contributed by atoms with Gasteiger partial charge in [0.1, 0.15) is 5.69 Å². The van der Waals surface area contributed by atoms with E-state index in [1.54, 1.807) is 32.4 Å². The molecule has 0 unspecified atom stereocenters. The molecule has 2 aromatic heterocycles. The number of hydrogen-bond donors (Lipinski definition) is 1. The minimum absolute atomic E-state index is 0.227. The van der Waals surface area contributed by atoms with Crippen LogP contribution >= 0.6 is 15.9 Å². The predicted molar refractivity (Wildman–Crippen MR) is 82.1 cm³/mol. The summed E-state index contributed by atoms with van der Waals surface area (Å²) >= 11 is 3.26. The van der Waals surface area contributed by atoms with E-state index in [2.05, 4.69) is 31.2 Å². The lowest BCUT2D eigenvalue weighted by atomic mass is 10.2. The van der Waals surface area contributed by atoms with Crippen molar-refractivity contribution in [1.82, 2.24) is 14.9 Å². The maximum absolute atomic E-state index is 12.1. The van der Waals surface area contributed by atoms with Crippen LogP contribution in [0.3, 0.4) is 0 Å². The van der Waals surface area contributed by atoms with Crippen LogP contribution in [0.25, 0.3) is 0 Å². The van der Waals surface area contributed by atoms with E-state index in [1.165, 1.54) is 23.4 Å². The molecule has 7 heteroatoms. The number of carbonyl (C=O) groups is 2. The van der Waals surface area contributed by atoms with Gasteiger partial charge in [-0.15, -0.1) is 0 Å². The van der Waals surface area contributed by atoms with Crippen LogP contribution in [0.1, 0.15) is 20.8 Å². The van der Waals surface area contributed by atoms with Crippen molar-refractivity contribution in [2.45, 2.75) is 0 Å². The molecule has 0 fully saturated rings. The molecule has 2 rings (SSSR count). The molecule has 6 nitrogen and oxygen atoms in total. The molecule has 21 heavy (non-hydrogen) atoms. The van der Waals surface area contributed by atoms with Gasteiger partial charge in [-0.2, -0.15) is 0 Å². The van der Waals surface area contributed by atoms with Gasteiger partial charge in [0.15, 0.2) is 0 Å². The minimum atomic E-state index is -0.307. The van der Waals surface area contributed by atoms with Crippen LogP contribution in [0.4, 0.5) is 5.69 Å². The highest BCUT2D eigenvalue weighted by atomic mass is 79.9. The summed E-state index contributed by atoms with van der Waals surface area (Å²) in [5.74, 6) is -0.534.